The van der Waals surface area contributed by atoms with E-state index < -0.39 is 17.6 Å². The fourth-order valence-electron chi connectivity index (χ4n) is 4.32. The first-order chi connectivity index (χ1) is 16.5. The van der Waals surface area contributed by atoms with Crippen LogP contribution < -0.4 is 0 Å². The van der Waals surface area contributed by atoms with Crippen LogP contribution in [0.4, 0.5) is 0 Å². The molecule has 0 aromatic carbocycles. The maximum absolute atomic E-state index is 6.14. The third-order valence-corrected chi connectivity index (χ3v) is 15.8. The van der Waals surface area contributed by atoms with Gasteiger partial charge in [-0.05, 0) is 80.1 Å². The molecule has 6 nitrogen and oxygen atoms in total. The summed E-state index contributed by atoms with van der Waals surface area (Å²) in [6, 6.07) is 0. The van der Waals surface area contributed by atoms with Gasteiger partial charge < -0.3 is 26.6 Å². The van der Waals surface area contributed by atoms with E-state index in [1.54, 1.807) is 0 Å². The van der Waals surface area contributed by atoms with Crippen molar-refractivity contribution in [1.82, 2.24) is 0 Å². The molecule has 0 N–H and O–H groups in total. The Morgan fingerprint density at radius 2 is 0.735 bits per heavy atom. The minimum absolute atomic E-state index is 0.372. The molecule has 0 aliphatic heterocycles. The summed E-state index contributed by atoms with van der Waals surface area (Å²) in [4.78, 5) is 0. The molecule has 0 aromatic rings. The lowest BCUT2D eigenvalue weighted by Gasteiger charge is -2.35. The summed E-state index contributed by atoms with van der Waals surface area (Å²) < 4.78 is 36.8. The van der Waals surface area contributed by atoms with Crippen molar-refractivity contribution in [2.24, 2.45) is 0 Å². The maximum atomic E-state index is 6.14. The van der Waals surface area contributed by atoms with Gasteiger partial charge in [0.05, 0.1) is 0 Å². The van der Waals surface area contributed by atoms with Crippen LogP contribution >= 0.6 is 21.6 Å². The summed E-state index contributed by atoms with van der Waals surface area (Å²) in [7, 11) is -1.26. The second kappa shape index (κ2) is 21.9. The molecule has 2 unspecified atom stereocenters. The van der Waals surface area contributed by atoms with Crippen molar-refractivity contribution < 1.29 is 26.6 Å². The van der Waals surface area contributed by atoms with Crippen LogP contribution in [0.1, 0.15) is 93.9 Å². The number of hydrogen-bond acceptors (Lipinski definition) is 8. The molecule has 0 aliphatic rings. The second-order valence-electron chi connectivity index (χ2n) is 7.94. The average molecular weight is 559 g/mol. The van der Waals surface area contributed by atoms with Gasteiger partial charge in [-0.2, -0.15) is 0 Å². The molecular weight excluding hydrogens is 505 g/mol. The zero-order chi connectivity index (χ0) is 25.7. The van der Waals surface area contributed by atoms with E-state index in [2.05, 4.69) is 13.8 Å². The molecule has 0 amide bonds. The molecule has 0 radical (unpaired) electrons. The highest BCUT2D eigenvalue weighted by atomic mass is 33.1. The van der Waals surface area contributed by atoms with E-state index in [-0.39, 0.29) is 0 Å². The van der Waals surface area contributed by atoms with Gasteiger partial charge in [-0.25, -0.2) is 0 Å². The van der Waals surface area contributed by atoms with Crippen molar-refractivity contribution in [2.75, 3.05) is 51.1 Å². The molecule has 206 valence electrons. The Labute approximate surface area is 221 Å². The van der Waals surface area contributed by atoms with E-state index in [9.17, 15) is 0 Å². The molecule has 0 saturated carbocycles. The Morgan fingerprint density at radius 3 is 0.941 bits per heavy atom. The number of hydrogen-bond donors (Lipinski definition) is 0. The molecule has 0 rings (SSSR count). The van der Waals surface area contributed by atoms with Gasteiger partial charge >= 0.3 is 17.6 Å². The van der Waals surface area contributed by atoms with E-state index in [0.29, 0.717) is 50.7 Å². The second-order valence-corrected chi connectivity index (χ2v) is 16.4. The number of rotatable bonds is 25. The van der Waals surface area contributed by atoms with Crippen LogP contribution in [0, 0.1) is 0 Å². The van der Waals surface area contributed by atoms with Gasteiger partial charge in [-0.3, -0.25) is 0 Å². The van der Waals surface area contributed by atoms with E-state index in [1.165, 1.54) is 0 Å². The van der Waals surface area contributed by atoms with E-state index in [1.807, 2.05) is 63.1 Å². The zero-order valence-electron chi connectivity index (χ0n) is 23.3. The van der Waals surface area contributed by atoms with Crippen molar-refractivity contribution in [3.05, 3.63) is 0 Å². The van der Waals surface area contributed by atoms with Crippen molar-refractivity contribution >= 4 is 39.2 Å². The lowest BCUT2D eigenvalue weighted by atomic mass is 10.2. The normalized spacial score (nSPS) is 14.5. The average Bonchev–Trinajstić information content (AvgIpc) is 2.81. The highest BCUT2D eigenvalue weighted by Gasteiger charge is 2.48. The van der Waals surface area contributed by atoms with Gasteiger partial charge in [0.2, 0.25) is 0 Å². The van der Waals surface area contributed by atoms with Gasteiger partial charge in [0.15, 0.2) is 0 Å². The fourth-order valence-corrected chi connectivity index (χ4v) is 13.0. The van der Waals surface area contributed by atoms with E-state index >= 15 is 0 Å². The van der Waals surface area contributed by atoms with Crippen LogP contribution in [0.15, 0.2) is 0 Å². The minimum atomic E-state index is -2.61. The molecule has 0 aromatic heterocycles. The quantitative estimate of drug-likeness (QED) is 0.0645. The molecule has 0 saturated heterocycles. The SMILES string of the molecule is CCO[Si](OCC)(OCC)C(CC)CCCSSCCCC(CC)[Si](OCC)(OCC)OCC. The van der Waals surface area contributed by atoms with Crippen LogP contribution in [-0.4, -0.2) is 68.8 Å². The lowest BCUT2D eigenvalue weighted by Crippen LogP contribution is -2.50. The molecule has 10 heteroatoms. The predicted octanol–water partition coefficient (Wildman–Crippen LogP) is 7.59. The van der Waals surface area contributed by atoms with Gasteiger partial charge in [0.1, 0.15) is 0 Å². The van der Waals surface area contributed by atoms with Crippen molar-refractivity contribution in [3.63, 3.8) is 0 Å². The maximum Gasteiger partial charge on any atom is 0.504 e. The molecule has 34 heavy (non-hydrogen) atoms. The van der Waals surface area contributed by atoms with E-state index in [4.69, 9.17) is 26.6 Å². The molecule has 2 atom stereocenters. The van der Waals surface area contributed by atoms with Gasteiger partial charge in [0.25, 0.3) is 0 Å². The summed E-state index contributed by atoms with van der Waals surface area (Å²) in [6.45, 7) is 20.5. The smallest absolute Gasteiger partial charge is 0.374 e. The van der Waals surface area contributed by atoms with Crippen LogP contribution in [0.25, 0.3) is 0 Å². The monoisotopic (exact) mass is 558 g/mol. The Hall–Kier alpha value is 0.894. The topological polar surface area (TPSA) is 55.4 Å². The summed E-state index contributed by atoms with van der Waals surface area (Å²) in [5, 5.41) is 0. The molecule has 0 bridgehead atoms. The highest BCUT2D eigenvalue weighted by molar-refractivity contribution is 8.76. The summed E-state index contributed by atoms with van der Waals surface area (Å²) in [5.41, 5.74) is 0.745. The largest absolute Gasteiger partial charge is 0.504 e. The standard InChI is InChI=1S/C24H54O6S2Si2/c1-9-23(33(25-11-3,26-12-4)27-13-5)19-17-21-31-32-22-18-20-24(10-2)34(28-14-6,29-15-7)30-16-8/h23-24H,9-22H2,1-8H3. The van der Waals surface area contributed by atoms with Crippen molar-refractivity contribution in [3.8, 4) is 0 Å². The van der Waals surface area contributed by atoms with Gasteiger partial charge in [-0.1, -0.05) is 35.4 Å². The first-order valence-electron chi connectivity index (χ1n) is 13.6. The Morgan fingerprint density at radius 1 is 0.471 bits per heavy atom. The zero-order valence-corrected chi connectivity index (χ0v) is 27.0. The van der Waals surface area contributed by atoms with Crippen LogP contribution in [-0.2, 0) is 26.6 Å². The van der Waals surface area contributed by atoms with E-state index in [0.717, 1.165) is 50.0 Å². The summed E-state index contributed by atoms with van der Waals surface area (Å²) in [6.07, 6.45) is 6.58. The third-order valence-electron chi connectivity index (χ3n) is 5.70. The fraction of sp³-hybridized carbons (Fsp3) is 1.00. The molecule has 0 heterocycles. The predicted molar refractivity (Wildman–Crippen MR) is 153 cm³/mol. The molecule has 0 aliphatic carbocycles. The third kappa shape index (κ3) is 12.4. The van der Waals surface area contributed by atoms with Crippen LogP contribution in [0.5, 0.6) is 0 Å². The molecule has 0 spiro atoms. The Balaban J connectivity index is 4.51. The lowest BCUT2D eigenvalue weighted by molar-refractivity contribution is 0.0583. The first kappa shape index (κ1) is 34.9. The van der Waals surface area contributed by atoms with Crippen LogP contribution in [0.3, 0.4) is 0 Å². The summed E-state index contributed by atoms with van der Waals surface area (Å²) >= 11 is 0. The van der Waals surface area contributed by atoms with Gasteiger partial charge in [0, 0.05) is 62.2 Å². The Bertz CT molecular complexity index is 391. The highest BCUT2D eigenvalue weighted by Crippen LogP contribution is 2.36. The van der Waals surface area contributed by atoms with Gasteiger partial charge in [-0.15, -0.1) is 0 Å². The molecule has 0 fully saturated rings. The van der Waals surface area contributed by atoms with Crippen molar-refractivity contribution in [2.45, 2.75) is 105 Å². The van der Waals surface area contributed by atoms with Crippen molar-refractivity contribution in [1.29, 1.82) is 0 Å². The Kier molecular flexibility index (Phi) is 22.5. The molecular formula is C24H54O6S2Si2. The summed E-state index contributed by atoms with van der Waals surface area (Å²) in [5.74, 6) is 2.28. The first-order valence-corrected chi connectivity index (χ1v) is 19.7. The minimum Gasteiger partial charge on any atom is -0.374 e. The van der Waals surface area contributed by atoms with Crippen LogP contribution in [0.2, 0.25) is 11.1 Å².